The Labute approximate surface area is 101 Å². The standard InChI is InChI=1S/C11H14ClNO2S/c1-3-7-13-8-9-10(12)5-4-6-11(9)16(2,14)15/h3-6,13H,1,7-8H2,2H3. The summed E-state index contributed by atoms with van der Waals surface area (Å²) < 4.78 is 23.1. The van der Waals surface area contributed by atoms with Crippen LogP contribution in [0.15, 0.2) is 35.7 Å². The van der Waals surface area contributed by atoms with Gasteiger partial charge in [-0.2, -0.15) is 0 Å². The fourth-order valence-corrected chi connectivity index (χ4v) is 2.61. The van der Waals surface area contributed by atoms with Crippen molar-refractivity contribution in [2.24, 2.45) is 0 Å². The summed E-state index contributed by atoms with van der Waals surface area (Å²) in [5, 5.41) is 3.50. The highest BCUT2D eigenvalue weighted by Crippen LogP contribution is 2.23. The minimum Gasteiger partial charge on any atom is -0.309 e. The second kappa shape index (κ2) is 5.48. The number of hydrogen-bond donors (Lipinski definition) is 1. The van der Waals surface area contributed by atoms with Crippen molar-refractivity contribution in [1.29, 1.82) is 0 Å². The van der Waals surface area contributed by atoms with Crippen LogP contribution in [0.5, 0.6) is 0 Å². The maximum absolute atomic E-state index is 11.5. The zero-order valence-corrected chi connectivity index (χ0v) is 10.6. The molecule has 0 aliphatic heterocycles. The molecule has 1 rings (SSSR count). The zero-order chi connectivity index (χ0) is 12.2. The van der Waals surface area contributed by atoms with E-state index in [4.69, 9.17) is 11.6 Å². The summed E-state index contributed by atoms with van der Waals surface area (Å²) in [6.45, 7) is 4.59. The molecule has 0 aromatic heterocycles. The highest BCUT2D eigenvalue weighted by molar-refractivity contribution is 7.90. The molecule has 0 bridgehead atoms. The zero-order valence-electron chi connectivity index (χ0n) is 9.03. The number of hydrogen-bond acceptors (Lipinski definition) is 3. The third kappa shape index (κ3) is 3.33. The molecule has 0 saturated carbocycles. The van der Waals surface area contributed by atoms with Gasteiger partial charge in [-0.25, -0.2) is 8.42 Å². The van der Waals surface area contributed by atoms with Gasteiger partial charge < -0.3 is 5.32 Å². The van der Waals surface area contributed by atoms with E-state index in [1.807, 2.05) is 0 Å². The van der Waals surface area contributed by atoms with Gasteiger partial charge in [0.15, 0.2) is 9.84 Å². The molecule has 3 nitrogen and oxygen atoms in total. The van der Waals surface area contributed by atoms with E-state index in [0.29, 0.717) is 23.7 Å². The molecule has 0 heterocycles. The molecule has 1 N–H and O–H groups in total. The molecule has 0 atom stereocenters. The lowest BCUT2D eigenvalue weighted by Crippen LogP contribution is -2.15. The lowest BCUT2D eigenvalue weighted by molar-refractivity contribution is 0.599. The van der Waals surface area contributed by atoms with Crippen LogP contribution in [0.25, 0.3) is 0 Å². The van der Waals surface area contributed by atoms with Crippen LogP contribution >= 0.6 is 11.6 Å². The Balaban J connectivity index is 3.09. The molecular weight excluding hydrogens is 246 g/mol. The van der Waals surface area contributed by atoms with Crippen molar-refractivity contribution < 1.29 is 8.42 Å². The highest BCUT2D eigenvalue weighted by Gasteiger charge is 2.14. The predicted octanol–water partition coefficient (Wildman–Crippen LogP) is 2.02. The van der Waals surface area contributed by atoms with Gasteiger partial charge in [0, 0.05) is 29.9 Å². The van der Waals surface area contributed by atoms with Gasteiger partial charge in [-0.15, -0.1) is 6.58 Å². The Bertz CT molecular complexity index is 483. The molecule has 0 fully saturated rings. The minimum atomic E-state index is -3.24. The maximum atomic E-state index is 11.5. The lowest BCUT2D eigenvalue weighted by atomic mass is 10.2. The summed E-state index contributed by atoms with van der Waals surface area (Å²) in [5.74, 6) is 0. The smallest absolute Gasteiger partial charge is 0.175 e. The third-order valence-electron chi connectivity index (χ3n) is 2.07. The van der Waals surface area contributed by atoms with Gasteiger partial charge in [0.1, 0.15) is 0 Å². The van der Waals surface area contributed by atoms with Crippen LogP contribution in [-0.4, -0.2) is 21.2 Å². The number of nitrogens with one attached hydrogen (secondary N) is 1. The average Bonchev–Trinajstić information content (AvgIpc) is 2.19. The SMILES string of the molecule is C=CCNCc1c(Cl)cccc1S(C)(=O)=O. The third-order valence-corrected chi connectivity index (χ3v) is 3.60. The van der Waals surface area contributed by atoms with Crippen molar-refractivity contribution in [2.75, 3.05) is 12.8 Å². The first-order valence-corrected chi connectivity index (χ1v) is 7.03. The molecule has 16 heavy (non-hydrogen) atoms. The molecule has 0 aliphatic rings. The second-order valence-electron chi connectivity index (χ2n) is 3.41. The van der Waals surface area contributed by atoms with Crippen molar-refractivity contribution in [3.8, 4) is 0 Å². The molecule has 0 saturated heterocycles. The molecule has 5 heteroatoms. The molecule has 88 valence electrons. The first-order valence-electron chi connectivity index (χ1n) is 4.76. The van der Waals surface area contributed by atoms with E-state index in [9.17, 15) is 8.42 Å². The van der Waals surface area contributed by atoms with Crippen molar-refractivity contribution >= 4 is 21.4 Å². The fourth-order valence-electron chi connectivity index (χ4n) is 1.36. The number of sulfone groups is 1. The summed E-state index contributed by atoms with van der Waals surface area (Å²) in [6.07, 6.45) is 2.88. The second-order valence-corrected chi connectivity index (χ2v) is 5.80. The van der Waals surface area contributed by atoms with Crippen molar-refractivity contribution in [1.82, 2.24) is 5.32 Å². The van der Waals surface area contributed by atoms with E-state index in [1.165, 1.54) is 6.26 Å². The summed E-state index contributed by atoms with van der Waals surface area (Å²) in [4.78, 5) is 0.275. The monoisotopic (exact) mass is 259 g/mol. The average molecular weight is 260 g/mol. The van der Waals surface area contributed by atoms with E-state index in [1.54, 1.807) is 24.3 Å². The van der Waals surface area contributed by atoms with Gasteiger partial charge in [0.05, 0.1) is 4.90 Å². The predicted molar refractivity (Wildman–Crippen MR) is 66.5 cm³/mol. The topological polar surface area (TPSA) is 46.2 Å². The Hall–Kier alpha value is -0.840. The first-order chi connectivity index (χ1) is 7.46. The Morgan fingerprint density at radius 1 is 1.50 bits per heavy atom. The van der Waals surface area contributed by atoms with Crippen LogP contribution in [0, 0.1) is 0 Å². The Kier molecular flexibility index (Phi) is 4.53. The van der Waals surface area contributed by atoms with Gasteiger partial charge >= 0.3 is 0 Å². The van der Waals surface area contributed by atoms with Crippen LogP contribution in [-0.2, 0) is 16.4 Å². The number of rotatable bonds is 5. The van der Waals surface area contributed by atoms with Crippen LogP contribution < -0.4 is 5.32 Å². The first kappa shape index (κ1) is 13.2. The molecule has 0 unspecified atom stereocenters. The maximum Gasteiger partial charge on any atom is 0.175 e. The summed E-state index contributed by atoms with van der Waals surface area (Å²) >= 11 is 5.98. The van der Waals surface area contributed by atoms with E-state index < -0.39 is 9.84 Å². The van der Waals surface area contributed by atoms with E-state index in [-0.39, 0.29) is 4.90 Å². The molecule has 0 amide bonds. The summed E-state index contributed by atoms with van der Waals surface area (Å²) in [6, 6.07) is 4.88. The Morgan fingerprint density at radius 3 is 2.75 bits per heavy atom. The summed E-state index contributed by atoms with van der Waals surface area (Å²) in [5.41, 5.74) is 0.605. The van der Waals surface area contributed by atoms with E-state index in [2.05, 4.69) is 11.9 Å². The lowest BCUT2D eigenvalue weighted by Gasteiger charge is -2.10. The van der Waals surface area contributed by atoms with Gasteiger partial charge in [0.2, 0.25) is 0 Å². The quantitative estimate of drug-likeness (QED) is 0.650. The normalized spacial score (nSPS) is 11.4. The van der Waals surface area contributed by atoms with Gasteiger partial charge in [0.25, 0.3) is 0 Å². The summed E-state index contributed by atoms with van der Waals surface area (Å²) in [7, 11) is -3.24. The molecule has 1 aromatic carbocycles. The molecule has 1 aromatic rings. The van der Waals surface area contributed by atoms with Crippen molar-refractivity contribution in [3.63, 3.8) is 0 Å². The minimum absolute atomic E-state index is 0.275. The van der Waals surface area contributed by atoms with Crippen LogP contribution in [0.1, 0.15) is 5.56 Å². The van der Waals surface area contributed by atoms with Gasteiger partial charge in [-0.3, -0.25) is 0 Å². The van der Waals surface area contributed by atoms with Gasteiger partial charge in [-0.05, 0) is 12.1 Å². The molecule has 0 aliphatic carbocycles. The van der Waals surface area contributed by atoms with Gasteiger partial charge in [-0.1, -0.05) is 23.7 Å². The van der Waals surface area contributed by atoms with Crippen molar-refractivity contribution in [3.05, 3.63) is 41.4 Å². The van der Waals surface area contributed by atoms with E-state index in [0.717, 1.165) is 0 Å². The van der Waals surface area contributed by atoms with E-state index >= 15 is 0 Å². The molecule has 0 spiro atoms. The Morgan fingerprint density at radius 2 is 2.19 bits per heavy atom. The largest absolute Gasteiger partial charge is 0.309 e. The van der Waals surface area contributed by atoms with Crippen LogP contribution in [0.3, 0.4) is 0 Å². The molecule has 0 radical (unpaired) electrons. The number of halogens is 1. The number of benzene rings is 1. The molecular formula is C11H14ClNO2S. The van der Waals surface area contributed by atoms with Crippen molar-refractivity contribution in [2.45, 2.75) is 11.4 Å². The van der Waals surface area contributed by atoms with Crippen LogP contribution in [0.4, 0.5) is 0 Å². The fraction of sp³-hybridized carbons (Fsp3) is 0.273. The highest BCUT2D eigenvalue weighted by atomic mass is 35.5. The van der Waals surface area contributed by atoms with Crippen LogP contribution in [0.2, 0.25) is 5.02 Å².